The predicted molar refractivity (Wildman–Crippen MR) is 73.1 cm³/mol. The summed E-state index contributed by atoms with van der Waals surface area (Å²) >= 11 is 6.48. The van der Waals surface area contributed by atoms with Crippen LogP contribution in [0.25, 0.3) is 0 Å². The first-order valence-electron chi connectivity index (χ1n) is 7.57. The van der Waals surface area contributed by atoms with Gasteiger partial charge in [0, 0.05) is 17.9 Å². The summed E-state index contributed by atoms with van der Waals surface area (Å²) in [6, 6.07) is 0. The fraction of sp³-hybridized carbons (Fsp3) is 1.00. The maximum atomic E-state index is 6.48. The van der Waals surface area contributed by atoms with E-state index in [2.05, 4.69) is 0 Å². The molecule has 0 radical (unpaired) electrons. The predicted octanol–water partition coefficient (Wildman–Crippen LogP) is 3.90. The third-order valence-corrected chi connectivity index (χ3v) is 6.10. The van der Waals surface area contributed by atoms with Gasteiger partial charge >= 0.3 is 0 Å². The van der Waals surface area contributed by atoms with Gasteiger partial charge in [-0.25, -0.2) is 0 Å². The van der Waals surface area contributed by atoms with Crippen LogP contribution < -0.4 is 0 Å². The highest BCUT2D eigenvalue weighted by molar-refractivity contribution is 6.21. The Balaban J connectivity index is 1.56. The minimum absolute atomic E-state index is 0.335. The van der Waals surface area contributed by atoms with E-state index < -0.39 is 0 Å². The zero-order chi connectivity index (χ0) is 12.6. The molecule has 0 saturated heterocycles. The topological polar surface area (TPSA) is 18.5 Å². The molecule has 3 aliphatic carbocycles. The zero-order valence-corrected chi connectivity index (χ0v) is 12.1. The van der Waals surface area contributed by atoms with Crippen LogP contribution in [0.3, 0.4) is 0 Å². The van der Waals surface area contributed by atoms with Crippen molar-refractivity contribution >= 4 is 11.6 Å². The van der Waals surface area contributed by atoms with Gasteiger partial charge in [-0.15, -0.1) is 11.6 Å². The molecule has 3 aliphatic rings. The van der Waals surface area contributed by atoms with E-state index >= 15 is 0 Å². The second-order valence-electron chi connectivity index (χ2n) is 6.41. The molecular weight excluding hydrogens is 248 g/mol. The molecule has 18 heavy (non-hydrogen) atoms. The molecule has 4 unspecified atom stereocenters. The lowest BCUT2D eigenvalue weighted by Gasteiger charge is -2.52. The first-order chi connectivity index (χ1) is 8.74. The average Bonchev–Trinajstić information content (AvgIpc) is 2.91. The van der Waals surface area contributed by atoms with E-state index in [9.17, 15) is 0 Å². The minimum atomic E-state index is 0.335. The molecule has 0 aromatic carbocycles. The fourth-order valence-electron chi connectivity index (χ4n) is 4.23. The second-order valence-corrected chi connectivity index (χ2v) is 6.94. The van der Waals surface area contributed by atoms with Crippen LogP contribution in [-0.2, 0) is 9.47 Å². The fourth-order valence-corrected chi connectivity index (χ4v) is 4.75. The SMILES string of the molecule is COC1CCCC(OC2CC(Cl)C23CCCC3)C1. The number of ether oxygens (including phenoxy) is 2. The van der Waals surface area contributed by atoms with Crippen LogP contribution in [0.5, 0.6) is 0 Å². The van der Waals surface area contributed by atoms with E-state index in [-0.39, 0.29) is 0 Å². The van der Waals surface area contributed by atoms with Gasteiger partial charge in [0.1, 0.15) is 0 Å². The molecule has 2 nitrogen and oxygen atoms in total. The molecule has 0 aliphatic heterocycles. The maximum Gasteiger partial charge on any atom is 0.0663 e. The molecule has 104 valence electrons. The summed E-state index contributed by atoms with van der Waals surface area (Å²) in [5.74, 6) is 0. The van der Waals surface area contributed by atoms with Gasteiger partial charge < -0.3 is 9.47 Å². The summed E-state index contributed by atoms with van der Waals surface area (Å²) < 4.78 is 11.9. The Morgan fingerprint density at radius 1 is 1.00 bits per heavy atom. The summed E-state index contributed by atoms with van der Waals surface area (Å²) in [4.78, 5) is 0. The molecule has 3 heteroatoms. The largest absolute Gasteiger partial charge is 0.381 e. The molecular formula is C15H25ClO2. The Bertz CT molecular complexity index is 288. The molecule has 0 bridgehead atoms. The Morgan fingerprint density at radius 2 is 1.72 bits per heavy atom. The van der Waals surface area contributed by atoms with Crippen LogP contribution in [0.15, 0.2) is 0 Å². The quantitative estimate of drug-likeness (QED) is 0.726. The van der Waals surface area contributed by atoms with Crippen molar-refractivity contribution in [3.05, 3.63) is 0 Å². The highest BCUT2D eigenvalue weighted by Crippen LogP contribution is 2.57. The third-order valence-electron chi connectivity index (χ3n) is 5.49. The van der Waals surface area contributed by atoms with E-state index in [4.69, 9.17) is 21.1 Å². The number of halogens is 1. The second kappa shape index (κ2) is 5.30. The molecule has 0 amide bonds. The van der Waals surface area contributed by atoms with Crippen molar-refractivity contribution in [2.45, 2.75) is 81.5 Å². The van der Waals surface area contributed by atoms with Crippen LogP contribution in [0.1, 0.15) is 57.8 Å². The molecule has 3 fully saturated rings. The van der Waals surface area contributed by atoms with Gasteiger partial charge in [0.25, 0.3) is 0 Å². The monoisotopic (exact) mass is 272 g/mol. The van der Waals surface area contributed by atoms with Crippen LogP contribution >= 0.6 is 11.6 Å². The first-order valence-corrected chi connectivity index (χ1v) is 8.00. The smallest absolute Gasteiger partial charge is 0.0663 e. The number of rotatable bonds is 3. The van der Waals surface area contributed by atoms with E-state index in [0.717, 1.165) is 12.8 Å². The summed E-state index contributed by atoms with van der Waals surface area (Å²) in [5.41, 5.74) is 0.335. The zero-order valence-electron chi connectivity index (χ0n) is 11.4. The lowest BCUT2D eigenvalue weighted by molar-refractivity contribution is -0.154. The van der Waals surface area contributed by atoms with E-state index in [1.807, 2.05) is 7.11 Å². The van der Waals surface area contributed by atoms with Crippen LogP contribution in [-0.4, -0.2) is 30.8 Å². The molecule has 3 rings (SSSR count). The Morgan fingerprint density at radius 3 is 2.39 bits per heavy atom. The van der Waals surface area contributed by atoms with Crippen LogP contribution in [0, 0.1) is 5.41 Å². The normalized spacial score (nSPS) is 43.0. The van der Waals surface area contributed by atoms with Gasteiger partial charge in [0.2, 0.25) is 0 Å². The van der Waals surface area contributed by atoms with Crippen molar-refractivity contribution < 1.29 is 9.47 Å². The summed E-state index contributed by atoms with van der Waals surface area (Å²) in [7, 11) is 1.82. The summed E-state index contributed by atoms with van der Waals surface area (Å²) in [6.07, 6.45) is 12.3. The number of hydrogen-bond acceptors (Lipinski definition) is 2. The molecule has 4 atom stereocenters. The third kappa shape index (κ3) is 2.21. The van der Waals surface area contributed by atoms with Gasteiger partial charge in [0.15, 0.2) is 0 Å². The first kappa shape index (κ1) is 13.2. The molecule has 0 heterocycles. The molecule has 1 spiro atoms. The van der Waals surface area contributed by atoms with Crippen LogP contribution in [0.4, 0.5) is 0 Å². The van der Waals surface area contributed by atoms with Gasteiger partial charge in [-0.2, -0.15) is 0 Å². The number of alkyl halides is 1. The van der Waals surface area contributed by atoms with Crippen molar-refractivity contribution in [1.82, 2.24) is 0 Å². The van der Waals surface area contributed by atoms with E-state index in [0.29, 0.717) is 29.1 Å². The molecule has 0 N–H and O–H groups in total. The molecule has 0 aromatic rings. The Labute approximate surface area is 115 Å². The highest BCUT2D eigenvalue weighted by Gasteiger charge is 2.56. The van der Waals surface area contributed by atoms with Crippen LogP contribution in [0.2, 0.25) is 0 Å². The van der Waals surface area contributed by atoms with Gasteiger partial charge in [-0.3, -0.25) is 0 Å². The lowest BCUT2D eigenvalue weighted by Crippen LogP contribution is -2.55. The number of hydrogen-bond donors (Lipinski definition) is 0. The summed E-state index contributed by atoms with van der Waals surface area (Å²) in [5, 5.41) is 0.367. The minimum Gasteiger partial charge on any atom is -0.381 e. The highest BCUT2D eigenvalue weighted by atomic mass is 35.5. The Kier molecular flexibility index (Phi) is 3.89. The van der Waals surface area contributed by atoms with Crippen molar-refractivity contribution in [2.24, 2.45) is 5.41 Å². The van der Waals surface area contributed by atoms with E-state index in [1.54, 1.807) is 0 Å². The van der Waals surface area contributed by atoms with Crippen molar-refractivity contribution in [1.29, 1.82) is 0 Å². The molecule has 0 aromatic heterocycles. The van der Waals surface area contributed by atoms with Gasteiger partial charge in [0.05, 0.1) is 18.3 Å². The summed E-state index contributed by atoms with van der Waals surface area (Å²) in [6.45, 7) is 0. The van der Waals surface area contributed by atoms with E-state index in [1.165, 1.54) is 44.9 Å². The van der Waals surface area contributed by atoms with Crippen molar-refractivity contribution in [3.8, 4) is 0 Å². The Hall–Kier alpha value is 0.210. The number of methoxy groups -OCH3 is 1. The van der Waals surface area contributed by atoms with Gasteiger partial charge in [-0.1, -0.05) is 12.8 Å². The molecule has 3 saturated carbocycles. The van der Waals surface area contributed by atoms with Crippen molar-refractivity contribution in [2.75, 3.05) is 7.11 Å². The van der Waals surface area contributed by atoms with Gasteiger partial charge in [-0.05, 0) is 44.9 Å². The average molecular weight is 273 g/mol. The maximum absolute atomic E-state index is 6.48. The lowest BCUT2D eigenvalue weighted by atomic mass is 9.64. The standard InChI is InChI=1S/C15H25ClO2/c1-17-11-5-4-6-12(9-11)18-14-10-13(16)15(14)7-2-3-8-15/h11-14H,2-10H2,1H3. The van der Waals surface area contributed by atoms with Crippen molar-refractivity contribution in [3.63, 3.8) is 0 Å².